The van der Waals surface area contributed by atoms with Crippen LogP contribution >= 0.6 is 11.8 Å². The maximum Gasteiger partial charge on any atom is 0.287 e. The number of aromatic amines is 1. The standard InChI is InChI=1S/C12H8N6O2S/c19-18(20)8-4-5-10(14-7-8)21-12-15-11(16-17-12)9-3-1-2-6-13-9/h1-7H,(H,15,16,17). The summed E-state index contributed by atoms with van der Waals surface area (Å²) in [4.78, 5) is 22.5. The molecule has 0 saturated heterocycles. The van der Waals surface area contributed by atoms with Gasteiger partial charge in [-0.05, 0) is 30.0 Å². The molecule has 21 heavy (non-hydrogen) atoms. The van der Waals surface area contributed by atoms with Crippen molar-refractivity contribution in [1.82, 2.24) is 25.1 Å². The van der Waals surface area contributed by atoms with Crippen LogP contribution in [-0.4, -0.2) is 30.1 Å². The molecule has 0 aliphatic carbocycles. The van der Waals surface area contributed by atoms with Crippen molar-refractivity contribution < 1.29 is 4.92 Å². The van der Waals surface area contributed by atoms with E-state index in [9.17, 15) is 10.1 Å². The van der Waals surface area contributed by atoms with Crippen molar-refractivity contribution in [3.8, 4) is 11.5 Å². The van der Waals surface area contributed by atoms with Gasteiger partial charge < -0.3 is 0 Å². The third-order valence-electron chi connectivity index (χ3n) is 2.50. The van der Waals surface area contributed by atoms with Crippen molar-refractivity contribution >= 4 is 17.4 Å². The Bertz CT molecular complexity index is 759. The summed E-state index contributed by atoms with van der Waals surface area (Å²) >= 11 is 1.21. The summed E-state index contributed by atoms with van der Waals surface area (Å²) in [5.41, 5.74) is 0.636. The smallest absolute Gasteiger partial charge is 0.258 e. The SMILES string of the molecule is O=[N+]([O-])c1ccc(Sc2n[nH]c(-c3ccccn3)n2)nc1. The Balaban J connectivity index is 1.77. The third-order valence-corrected chi connectivity index (χ3v) is 3.32. The highest BCUT2D eigenvalue weighted by Gasteiger charge is 2.10. The van der Waals surface area contributed by atoms with Crippen LogP contribution in [0.15, 0.2) is 52.9 Å². The average molecular weight is 300 g/mol. The molecule has 0 aliphatic heterocycles. The molecule has 3 aromatic heterocycles. The summed E-state index contributed by atoms with van der Waals surface area (Å²) in [7, 11) is 0. The van der Waals surface area contributed by atoms with Gasteiger partial charge in [-0.25, -0.2) is 4.98 Å². The second kappa shape index (κ2) is 5.67. The van der Waals surface area contributed by atoms with Gasteiger partial charge in [0.15, 0.2) is 5.82 Å². The van der Waals surface area contributed by atoms with Gasteiger partial charge in [-0.1, -0.05) is 6.07 Å². The van der Waals surface area contributed by atoms with Crippen molar-refractivity contribution in [3.63, 3.8) is 0 Å². The molecule has 0 atom stereocenters. The number of H-pyrrole nitrogens is 1. The molecule has 0 radical (unpaired) electrons. The van der Waals surface area contributed by atoms with Gasteiger partial charge in [0.2, 0.25) is 5.16 Å². The van der Waals surface area contributed by atoms with E-state index in [1.807, 2.05) is 18.2 Å². The lowest BCUT2D eigenvalue weighted by molar-refractivity contribution is -0.385. The minimum Gasteiger partial charge on any atom is -0.258 e. The van der Waals surface area contributed by atoms with E-state index in [0.717, 1.165) is 0 Å². The highest BCUT2D eigenvalue weighted by atomic mass is 32.2. The molecule has 0 spiro atoms. The van der Waals surface area contributed by atoms with Crippen LogP contribution in [0.1, 0.15) is 0 Å². The monoisotopic (exact) mass is 300 g/mol. The third kappa shape index (κ3) is 3.03. The number of rotatable bonds is 4. The number of pyridine rings is 2. The fourth-order valence-electron chi connectivity index (χ4n) is 1.54. The zero-order valence-corrected chi connectivity index (χ0v) is 11.3. The first-order valence-corrected chi connectivity index (χ1v) is 6.66. The number of hydrogen-bond acceptors (Lipinski definition) is 7. The van der Waals surface area contributed by atoms with E-state index < -0.39 is 4.92 Å². The van der Waals surface area contributed by atoms with E-state index in [0.29, 0.717) is 21.7 Å². The molecule has 0 amide bonds. The number of nitro groups is 1. The lowest BCUT2D eigenvalue weighted by atomic mass is 10.3. The topological polar surface area (TPSA) is 110 Å². The predicted octanol–water partition coefficient (Wildman–Crippen LogP) is 2.32. The Morgan fingerprint density at radius 2 is 2.10 bits per heavy atom. The predicted molar refractivity (Wildman–Crippen MR) is 74.6 cm³/mol. The van der Waals surface area contributed by atoms with E-state index in [-0.39, 0.29) is 5.69 Å². The molecular formula is C12H8N6O2S. The molecule has 3 heterocycles. The first kappa shape index (κ1) is 13.2. The number of aromatic nitrogens is 5. The first-order chi connectivity index (χ1) is 10.2. The first-order valence-electron chi connectivity index (χ1n) is 5.84. The van der Waals surface area contributed by atoms with Gasteiger partial charge in [-0.3, -0.25) is 20.2 Å². The summed E-state index contributed by atoms with van der Waals surface area (Å²) in [5, 5.41) is 18.4. The highest BCUT2D eigenvalue weighted by Crippen LogP contribution is 2.25. The maximum absolute atomic E-state index is 10.6. The Morgan fingerprint density at radius 1 is 1.19 bits per heavy atom. The maximum atomic E-state index is 10.6. The fourth-order valence-corrected chi connectivity index (χ4v) is 2.20. The van der Waals surface area contributed by atoms with E-state index in [2.05, 4.69) is 25.1 Å². The number of nitrogens with one attached hydrogen (secondary N) is 1. The Kier molecular flexibility index (Phi) is 3.56. The van der Waals surface area contributed by atoms with E-state index in [4.69, 9.17) is 0 Å². The van der Waals surface area contributed by atoms with Gasteiger partial charge in [-0.15, -0.1) is 5.10 Å². The molecular weight excluding hydrogens is 292 g/mol. The summed E-state index contributed by atoms with van der Waals surface area (Å²) in [6, 6.07) is 8.44. The van der Waals surface area contributed by atoms with Crippen molar-refractivity contribution in [3.05, 3.63) is 52.8 Å². The summed E-state index contributed by atoms with van der Waals surface area (Å²) in [5.74, 6) is 0.556. The molecule has 0 bridgehead atoms. The van der Waals surface area contributed by atoms with Crippen LogP contribution in [0.4, 0.5) is 5.69 Å². The largest absolute Gasteiger partial charge is 0.287 e. The molecule has 0 aromatic carbocycles. The number of hydrogen-bond donors (Lipinski definition) is 1. The van der Waals surface area contributed by atoms with Gasteiger partial charge in [-0.2, -0.15) is 4.98 Å². The minimum atomic E-state index is -0.493. The van der Waals surface area contributed by atoms with Gasteiger partial charge >= 0.3 is 0 Å². The van der Waals surface area contributed by atoms with Crippen LogP contribution < -0.4 is 0 Å². The van der Waals surface area contributed by atoms with Crippen LogP contribution in [0, 0.1) is 10.1 Å². The molecule has 1 N–H and O–H groups in total. The van der Waals surface area contributed by atoms with Gasteiger partial charge in [0.1, 0.15) is 16.9 Å². The van der Waals surface area contributed by atoms with Crippen LogP contribution in [-0.2, 0) is 0 Å². The van der Waals surface area contributed by atoms with Gasteiger partial charge in [0.05, 0.1) is 4.92 Å². The van der Waals surface area contributed by atoms with Crippen molar-refractivity contribution in [2.45, 2.75) is 10.2 Å². The highest BCUT2D eigenvalue weighted by molar-refractivity contribution is 7.99. The van der Waals surface area contributed by atoms with Crippen LogP contribution in [0.3, 0.4) is 0 Å². The molecule has 9 heteroatoms. The molecule has 3 rings (SSSR count). The quantitative estimate of drug-likeness (QED) is 0.581. The van der Waals surface area contributed by atoms with Crippen molar-refractivity contribution in [2.75, 3.05) is 0 Å². The van der Waals surface area contributed by atoms with Crippen molar-refractivity contribution in [2.24, 2.45) is 0 Å². The molecule has 0 aliphatic rings. The molecule has 104 valence electrons. The lowest BCUT2D eigenvalue weighted by Crippen LogP contribution is -1.89. The Morgan fingerprint density at radius 3 is 2.76 bits per heavy atom. The zero-order chi connectivity index (χ0) is 14.7. The van der Waals surface area contributed by atoms with E-state index in [1.165, 1.54) is 24.0 Å². The fraction of sp³-hybridized carbons (Fsp3) is 0. The second-order valence-corrected chi connectivity index (χ2v) is 4.88. The molecule has 0 unspecified atom stereocenters. The average Bonchev–Trinajstić information content (AvgIpc) is 2.97. The molecule has 3 aromatic rings. The normalized spacial score (nSPS) is 10.5. The Hall–Kier alpha value is -2.81. The minimum absolute atomic E-state index is 0.0523. The van der Waals surface area contributed by atoms with Gasteiger partial charge in [0.25, 0.3) is 5.69 Å². The zero-order valence-electron chi connectivity index (χ0n) is 10.5. The molecule has 0 saturated carbocycles. The second-order valence-electron chi connectivity index (χ2n) is 3.90. The van der Waals surface area contributed by atoms with E-state index in [1.54, 1.807) is 12.3 Å². The summed E-state index contributed by atoms with van der Waals surface area (Å²) < 4.78 is 0. The molecule has 0 fully saturated rings. The Labute approximate surface area is 122 Å². The van der Waals surface area contributed by atoms with Crippen molar-refractivity contribution in [1.29, 1.82) is 0 Å². The van der Waals surface area contributed by atoms with Crippen LogP contribution in [0.2, 0.25) is 0 Å². The van der Waals surface area contributed by atoms with Crippen LogP contribution in [0.5, 0.6) is 0 Å². The lowest BCUT2D eigenvalue weighted by Gasteiger charge is -1.95. The van der Waals surface area contributed by atoms with Crippen LogP contribution in [0.25, 0.3) is 11.5 Å². The van der Waals surface area contributed by atoms with E-state index >= 15 is 0 Å². The van der Waals surface area contributed by atoms with Gasteiger partial charge in [0, 0.05) is 12.3 Å². The summed E-state index contributed by atoms with van der Waals surface area (Å²) in [6.45, 7) is 0. The number of nitrogens with zero attached hydrogens (tertiary/aromatic N) is 5. The molecule has 8 nitrogen and oxygen atoms in total. The summed E-state index contributed by atoms with van der Waals surface area (Å²) in [6.07, 6.45) is 2.87.